The van der Waals surface area contributed by atoms with Crippen molar-refractivity contribution >= 4 is 57.3 Å². The first-order chi connectivity index (χ1) is 20.3. The van der Waals surface area contributed by atoms with E-state index in [0.717, 1.165) is 34.1 Å². The van der Waals surface area contributed by atoms with E-state index in [9.17, 15) is 0 Å². The number of benzene rings is 6. The van der Waals surface area contributed by atoms with Gasteiger partial charge in [-0.15, -0.1) is 0 Å². The zero-order valence-electron chi connectivity index (χ0n) is 22.8. The van der Waals surface area contributed by atoms with Gasteiger partial charge in [0.1, 0.15) is 0 Å². The summed E-state index contributed by atoms with van der Waals surface area (Å²) in [6.45, 7) is 0. The maximum Gasteiger partial charge on any atom is 0.0551 e. The minimum absolute atomic E-state index is 1.14. The molecule has 6 aromatic rings. The van der Waals surface area contributed by atoms with Gasteiger partial charge in [0, 0.05) is 51.0 Å². The van der Waals surface area contributed by atoms with Crippen molar-refractivity contribution in [1.29, 1.82) is 0 Å². The average Bonchev–Trinajstić information content (AvgIpc) is 3.03. The molecule has 0 aliphatic carbocycles. The Kier molecular flexibility index (Phi) is 6.67. The quantitative estimate of drug-likeness (QED) is 0.205. The highest BCUT2D eigenvalue weighted by molar-refractivity contribution is 7.99. The zero-order valence-corrected chi connectivity index (χ0v) is 23.6. The summed E-state index contributed by atoms with van der Waals surface area (Å²) >= 11 is 1.84. The second-order valence-electron chi connectivity index (χ2n) is 9.98. The first kappa shape index (κ1) is 25.1. The van der Waals surface area contributed by atoms with Crippen molar-refractivity contribution in [3.63, 3.8) is 0 Å². The van der Waals surface area contributed by atoms with Crippen molar-refractivity contribution in [3.05, 3.63) is 158 Å². The van der Waals surface area contributed by atoms with Crippen LogP contribution in [0.5, 0.6) is 0 Å². The summed E-state index contributed by atoms with van der Waals surface area (Å²) in [5, 5.41) is 0. The summed E-state index contributed by atoms with van der Waals surface area (Å²) < 4.78 is 0. The number of hydrogen-bond donors (Lipinski definition) is 0. The lowest BCUT2D eigenvalue weighted by molar-refractivity contribution is 1.10. The molecule has 0 aromatic heterocycles. The molecular weight excluding hydrogens is 518 g/mol. The van der Waals surface area contributed by atoms with Crippen LogP contribution >= 0.6 is 11.8 Å². The van der Waals surface area contributed by atoms with Crippen molar-refractivity contribution in [2.24, 2.45) is 0 Å². The lowest BCUT2D eigenvalue weighted by Crippen LogP contribution is -2.17. The third-order valence-electron chi connectivity index (χ3n) is 7.40. The first-order valence-electron chi connectivity index (χ1n) is 13.8. The second kappa shape index (κ2) is 10.9. The van der Waals surface area contributed by atoms with Gasteiger partial charge in [-0.1, -0.05) is 84.6 Å². The van der Waals surface area contributed by atoms with Crippen LogP contribution in [0.4, 0.5) is 45.5 Å². The molecule has 0 radical (unpaired) electrons. The van der Waals surface area contributed by atoms with Gasteiger partial charge in [-0.3, -0.25) is 0 Å². The topological polar surface area (TPSA) is 9.72 Å². The van der Waals surface area contributed by atoms with Crippen LogP contribution in [0.25, 0.3) is 0 Å². The van der Waals surface area contributed by atoms with Crippen LogP contribution in [0.2, 0.25) is 0 Å². The number of para-hydroxylation sites is 4. The molecule has 0 saturated heterocycles. The summed E-state index contributed by atoms with van der Waals surface area (Å²) in [4.78, 5) is 9.41. The third-order valence-corrected chi connectivity index (χ3v) is 8.50. The van der Waals surface area contributed by atoms with Crippen molar-refractivity contribution in [1.82, 2.24) is 0 Å². The molecule has 0 amide bonds. The van der Waals surface area contributed by atoms with E-state index in [2.05, 4.69) is 179 Å². The van der Waals surface area contributed by atoms with E-state index < -0.39 is 0 Å². The van der Waals surface area contributed by atoms with Crippen LogP contribution in [0.15, 0.2) is 168 Å². The highest BCUT2D eigenvalue weighted by Gasteiger charge is 2.24. The third kappa shape index (κ3) is 4.83. The van der Waals surface area contributed by atoms with Crippen LogP contribution < -0.4 is 14.7 Å². The number of anilines is 8. The second-order valence-corrected chi connectivity index (χ2v) is 11.1. The van der Waals surface area contributed by atoms with Crippen LogP contribution in [0, 0.1) is 0 Å². The largest absolute Gasteiger partial charge is 0.343 e. The van der Waals surface area contributed by atoms with Crippen LogP contribution in [0.1, 0.15) is 0 Å². The zero-order chi connectivity index (χ0) is 27.6. The summed E-state index contributed by atoms with van der Waals surface area (Å²) in [7, 11) is 2.16. The van der Waals surface area contributed by atoms with E-state index in [0.29, 0.717) is 0 Å². The van der Waals surface area contributed by atoms with E-state index in [1.54, 1.807) is 0 Å². The molecular formula is C37H29N3S. The molecule has 7 rings (SSSR count). The smallest absolute Gasteiger partial charge is 0.0551 e. The number of rotatable bonds is 6. The van der Waals surface area contributed by atoms with E-state index >= 15 is 0 Å². The fourth-order valence-corrected chi connectivity index (χ4v) is 6.67. The SMILES string of the molecule is CN1c2ccc(N(c3ccccc3)c3ccccc3)cc2Sc2cc(N(c3ccccc3)c3ccccc3)ccc21. The van der Waals surface area contributed by atoms with Crippen molar-refractivity contribution in [3.8, 4) is 0 Å². The molecule has 0 fully saturated rings. The van der Waals surface area contributed by atoms with Gasteiger partial charge in [0.05, 0.1) is 11.4 Å². The predicted molar refractivity (Wildman–Crippen MR) is 174 cm³/mol. The van der Waals surface area contributed by atoms with Crippen molar-refractivity contribution in [2.45, 2.75) is 9.79 Å². The molecule has 0 saturated carbocycles. The molecule has 0 spiro atoms. The van der Waals surface area contributed by atoms with Crippen LogP contribution in [0.3, 0.4) is 0 Å². The van der Waals surface area contributed by atoms with Crippen LogP contribution in [-0.2, 0) is 0 Å². The van der Waals surface area contributed by atoms with Gasteiger partial charge in [0.2, 0.25) is 0 Å². The van der Waals surface area contributed by atoms with Gasteiger partial charge in [0.15, 0.2) is 0 Å². The fraction of sp³-hybridized carbons (Fsp3) is 0.0270. The van der Waals surface area contributed by atoms with E-state index in [1.165, 1.54) is 21.2 Å². The molecule has 1 aliphatic rings. The number of fused-ring (bicyclic) bond motifs is 2. The lowest BCUT2D eigenvalue weighted by Gasteiger charge is -2.33. The minimum Gasteiger partial charge on any atom is -0.343 e. The first-order valence-corrected chi connectivity index (χ1v) is 14.6. The monoisotopic (exact) mass is 547 g/mol. The van der Waals surface area contributed by atoms with E-state index in [1.807, 2.05) is 11.8 Å². The molecule has 6 aromatic carbocycles. The van der Waals surface area contributed by atoms with E-state index in [4.69, 9.17) is 0 Å². The van der Waals surface area contributed by atoms with Gasteiger partial charge in [-0.05, 0) is 84.9 Å². The Bertz CT molecular complexity index is 1560. The van der Waals surface area contributed by atoms with Crippen molar-refractivity contribution in [2.75, 3.05) is 21.7 Å². The van der Waals surface area contributed by atoms with E-state index in [-0.39, 0.29) is 0 Å². The Hall–Kier alpha value is -4.93. The molecule has 41 heavy (non-hydrogen) atoms. The molecule has 0 unspecified atom stereocenters. The summed E-state index contributed by atoms with van der Waals surface area (Å²) in [6.07, 6.45) is 0. The molecule has 198 valence electrons. The predicted octanol–water partition coefficient (Wildman–Crippen LogP) is 10.9. The maximum absolute atomic E-state index is 2.32. The average molecular weight is 548 g/mol. The van der Waals surface area contributed by atoms with Gasteiger partial charge in [0.25, 0.3) is 0 Å². The summed E-state index contributed by atoms with van der Waals surface area (Å²) in [6, 6.07) is 55.9. The fourth-order valence-electron chi connectivity index (χ4n) is 5.45. The molecule has 4 heteroatoms. The Balaban J connectivity index is 1.30. The normalized spacial score (nSPS) is 11.9. The molecule has 0 bridgehead atoms. The van der Waals surface area contributed by atoms with Gasteiger partial charge >= 0.3 is 0 Å². The highest BCUT2D eigenvalue weighted by atomic mass is 32.2. The maximum atomic E-state index is 2.32. The lowest BCUT2D eigenvalue weighted by atomic mass is 10.1. The molecule has 1 aliphatic heterocycles. The van der Waals surface area contributed by atoms with Gasteiger partial charge < -0.3 is 14.7 Å². The summed E-state index contributed by atoms with van der Waals surface area (Å²) in [5.41, 5.74) is 9.24. The van der Waals surface area contributed by atoms with Gasteiger partial charge in [-0.25, -0.2) is 0 Å². The van der Waals surface area contributed by atoms with Crippen molar-refractivity contribution < 1.29 is 0 Å². The summed E-state index contributed by atoms with van der Waals surface area (Å²) in [5.74, 6) is 0. The Morgan fingerprint density at radius 1 is 0.390 bits per heavy atom. The molecule has 0 atom stereocenters. The van der Waals surface area contributed by atoms with Gasteiger partial charge in [-0.2, -0.15) is 0 Å². The minimum atomic E-state index is 1.14. The Labute approximate surface area is 245 Å². The highest BCUT2D eigenvalue weighted by Crippen LogP contribution is 2.51. The van der Waals surface area contributed by atoms with Crippen LogP contribution in [-0.4, -0.2) is 7.05 Å². The number of nitrogens with zero attached hydrogens (tertiary/aromatic N) is 3. The molecule has 0 N–H and O–H groups in total. The number of hydrogen-bond acceptors (Lipinski definition) is 4. The Morgan fingerprint density at radius 2 is 0.707 bits per heavy atom. The molecule has 3 nitrogen and oxygen atoms in total. The standard InChI is InChI=1S/C37H29N3S/c1-38-34-24-22-32(39(28-14-6-2-7-15-28)29-16-8-3-9-17-29)26-36(34)41-37-27-33(23-25-35(37)38)40(30-18-10-4-11-19-30)31-20-12-5-13-21-31/h2-27H,1H3. The Morgan fingerprint density at radius 3 is 1.02 bits per heavy atom. The molecule has 1 heterocycles.